The summed E-state index contributed by atoms with van der Waals surface area (Å²) in [6.45, 7) is 0.575. The van der Waals surface area contributed by atoms with E-state index in [2.05, 4.69) is 6.07 Å². The van der Waals surface area contributed by atoms with E-state index in [1.807, 2.05) is 18.2 Å². The maximum absolute atomic E-state index is 12.6. The van der Waals surface area contributed by atoms with E-state index in [1.165, 1.54) is 0 Å². The lowest BCUT2D eigenvalue weighted by Gasteiger charge is -2.29. The van der Waals surface area contributed by atoms with Gasteiger partial charge in [0.25, 0.3) is 5.91 Å². The van der Waals surface area contributed by atoms with Crippen LogP contribution in [-0.2, 0) is 11.2 Å². The van der Waals surface area contributed by atoms with E-state index >= 15 is 0 Å². The molecule has 2 aromatic carbocycles. The summed E-state index contributed by atoms with van der Waals surface area (Å²) in [6.07, 6.45) is 1.83. The first-order valence-electron chi connectivity index (χ1n) is 7.82. The Hall–Kier alpha value is -3.00. The molecule has 122 valence electrons. The minimum absolute atomic E-state index is 0.0931. The fraction of sp³-hybridized carbons (Fsp3) is 0.263. The number of carbonyl (C=O) groups excluding carboxylic acids is 1. The van der Waals surface area contributed by atoms with Crippen LogP contribution >= 0.6 is 0 Å². The number of para-hydroxylation sites is 1. The molecule has 0 spiro atoms. The van der Waals surface area contributed by atoms with Crippen LogP contribution in [0.25, 0.3) is 0 Å². The van der Waals surface area contributed by atoms with Crippen molar-refractivity contribution < 1.29 is 14.3 Å². The summed E-state index contributed by atoms with van der Waals surface area (Å²) in [7, 11) is 1.63. The Balaban J connectivity index is 1.74. The summed E-state index contributed by atoms with van der Waals surface area (Å²) in [6, 6.07) is 14.7. The minimum atomic E-state index is -0.117. The van der Waals surface area contributed by atoms with Crippen LogP contribution in [0.15, 0.2) is 42.5 Å². The van der Waals surface area contributed by atoms with Gasteiger partial charge in [0, 0.05) is 12.2 Å². The van der Waals surface area contributed by atoms with Crippen molar-refractivity contribution in [1.82, 2.24) is 0 Å². The topological polar surface area (TPSA) is 62.6 Å². The van der Waals surface area contributed by atoms with Gasteiger partial charge in [0.1, 0.15) is 17.6 Å². The average molecular weight is 322 g/mol. The van der Waals surface area contributed by atoms with Gasteiger partial charge in [0.05, 0.1) is 12.7 Å². The van der Waals surface area contributed by atoms with Gasteiger partial charge in [-0.1, -0.05) is 12.1 Å². The van der Waals surface area contributed by atoms with Gasteiger partial charge in [0.15, 0.2) is 6.61 Å². The number of hydrogen-bond acceptors (Lipinski definition) is 4. The van der Waals surface area contributed by atoms with E-state index in [0.29, 0.717) is 17.9 Å². The number of rotatable bonds is 4. The van der Waals surface area contributed by atoms with Gasteiger partial charge < -0.3 is 14.4 Å². The molecule has 0 unspecified atom stereocenters. The Morgan fingerprint density at radius 1 is 1.29 bits per heavy atom. The third-order valence-corrected chi connectivity index (χ3v) is 4.07. The number of carbonyl (C=O) groups is 1. The number of ether oxygens (including phenoxy) is 2. The van der Waals surface area contributed by atoms with Crippen LogP contribution in [-0.4, -0.2) is 26.2 Å². The SMILES string of the molecule is COc1ccc2c(c1)CCCN2C(=O)COc1ccccc1C#N. The smallest absolute Gasteiger partial charge is 0.264 e. The van der Waals surface area contributed by atoms with Crippen molar-refractivity contribution in [1.29, 1.82) is 5.26 Å². The summed E-state index contributed by atoms with van der Waals surface area (Å²) in [5.74, 6) is 1.11. The standard InChI is InChI=1S/C19H18N2O3/c1-23-16-8-9-17-14(11-16)6-4-10-21(17)19(22)13-24-18-7-3-2-5-15(18)12-20/h2-3,5,7-9,11H,4,6,10,13H2,1H3. The fourth-order valence-corrected chi connectivity index (χ4v) is 2.86. The van der Waals surface area contributed by atoms with Crippen LogP contribution in [0, 0.1) is 11.3 Å². The zero-order chi connectivity index (χ0) is 16.9. The number of benzene rings is 2. The number of anilines is 1. The Bertz CT molecular complexity index is 795. The van der Waals surface area contributed by atoms with E-state index in [1.54, 1.807) is 36.3 Å². The highest BCUT2D eigenvalue weighted by atomic mass is 16.5. The molecule has 0 atom stereocenters. The molecule has 0 saturated carbocycles. The van der Waals surface area contributed by atoms with Crippen LogP contribution < -0.4 is 14.4 Å². The molecule has 3 rings (SSSR count). The maximum atomic E-state index is 12.6. The first-order valence-corrected chi connectivity index (χ1v) is 7.82. The monoisotopic (exact) mass is 322 g/mol. The molecular weight excluding hydrogens is 304 g/mol. The van der Waals surface area contributed by atoms with Crippen molar-refractivity contribution in [2.75, 3.05) is 25.2 Å². The molecule has 0 aromatic heterocycles. The van der Waals surface area contributed by atoms with Crippen molar-refractivity contribution in [3.8, 4) is 17.6 Å². The summed E-state index contributed by atoms with van der Waals surface area (Å²) in [5, 5.41) is 9.07. The van der Waals surface area contributed by atoms with Gasteiger partial charge in [-0.2, -0.15) is 5.26 Å². The van der Waals surface area contributed by atoms with Crippen LogP contribution in [0.5, 0.6) is 11.5 Å². The number of nitriles is 1. The van der Waals surface area contributed by atoms with E-state index in [4.69, 9.17) is 14.7 Å². The van der Waals surface area contributed by atoms with Crippen LogP contribution in [0.4, 0.5) is 5.69 Å². The second-order valence-corrected chi connectivity index (χ2v) is 5.54. The van der Waals surface area contributed by atoms with Crippen molar-refractivity contribution in [3.63, 3.8) is 0 Å². The molecule has 5 heteroatoms. The molecule has 0 fully saturated rings. The maximum Gasteiger partial charge on any atom is 0.264 e. The first-order chi connectivity index (χ1) is 11.7. The summed E-state index contributed by atoms with van der Waals surface area (Å²) >= 11 is 0. The van der Waals surface area contributed by atoms with Crippen molar-refractivity contribution in [2.45, 2.75) is 12.8 Å². The molecule has 1 heterocycles. The zero-order valence-electron chi connectivity index (χ0n) is 13.5. The third kappa shape index (κ3) is 3.18. The lowest BCUT2D eigenvalue weighted by Crippen LogP contribution is -2.38. The Kier molecular flexibility index (Phi) is 4.66. The second kappa shape index (κ2) is 7.05. The van der Waals surface area contributed by atoms with Crippen LogP contribution in [0.1, 0.15) is 17.5 Å². The Morgan fingerprint density at radius 2 is 2.12 bits per heavy atom. The molecule has 0 bridgehead atoms. The predicted octanol–water partition coefficient (Wildman–Crippen LogP) is 2.93. The molecule has 0 N–H and O–H groups in total. The molecule has 1 aliphatic heterocycles. The zero-order valence-corrected chi connectivity index (χ0v) is 13.5. The summed E-state index contributed by atoms with van der Waals surface area (Å²) in [4.78, 5) is 14.3. The Labute approximate surface area is 141 Å². The molecule has 24 heavy (non-hydrogen) atoms. The van der Waals surface area contributed by atoms with E-state index < -0.39 is 0 Å². The van der Waals surface area contributed by atoms with Crippen LogP contribution in [0.3, 0.4) is 0 Å². The minimum Gasteiger partial charge on any atom is -0.497 e. The number of fused-ring (bicyclic) bond motifs is 1. The highest BCUT2D eigenvalue weighted by Crippen LogP contribution is 2.30. The Morgan fingerprint density at radius 3 is 2.92 bits per heavy atom. The van der Waals surface area contributed by atoms with Gasteiger partial charge >= 0.3 is 0 Å². The molecule has 2 aromatic rings. The summed E-state index contributed by atoms with van der Waals surface area (Å²) in [5.41, 5.74) is 2.43. The third-order valence-electron chi connectivity index (χ3n) is 4.07. The summed E-state index contributed by atoms with van der Waals surface area (Å²) < 4.78 is 10.8. The number of nitrogens with zero attached hydrogens (tertiary/aromatic N) is 2. The van der Waals surface area contributed by atoms with Gasteiger partial charge in [0.2, 0.25) is 0 Å². The average Bonchev–Trinajstić information content (AvgIpc) is 2.65. The highest BCUT2D eigenvalue weighted by molar-refractivity contribution is 5.95. The van der Waals surface area contributed by atoms with Crippen molar-refractivity contribution in [2.24, 2.45) is 0 Å². The quantitative estimate of drug-likeness (QED) is 0.868. The second-order valence-electron chi connectivity index (χ2n) is 5.54. The first kappa shape index (κ1) is 15.9. The lowest BCUT2D eigenvalue weighted by molar-refractivity contribution is -0.120. The number of aryl methyl sites for hydroxylation is 1. The van der Waals surface area contributed by atoms with Gasteiger partial charge in [-0.05, 0) is 48.7 Å². The molecule has 0 saturated heterocycles. The molecular formula is C19H18N2O3. The predicted molar refractivity (Wildman–Crippen MR) is 90.3 cm³/mol. The van der Waals surface area contributed by atoms with Gasteiger partial charge in [-0.25, -0.2) is 0 Å². The number of methoxy groups -OCH3 is 1. The normalized spacial score (nSPS) is 12.9. The number of amides is 1. The lowest BCUT2D eigenvalue weighted by atomic mass is 10.0. The van der Waals surface area contributed by atoms with E-state index in [9.17, 15) is 4.79 Å². The fourth-order valence-electron chi connectivity index (χ4n) is 2.86. The van der Waals surface area contributed by atoms with Crippen LogP contribution in [0.2, 0.25) is 0 Å². The van der Waals surface area contributed by atoms with Crippen molar-refractivity contribution in [3.05, 3.63) is 53.6 Å². The molecule has 5 nitrogen and oxygen atoms in total. The van der Waals surface area contributed by atoms with E-state index in [0.717, 1.165) is 29.8 Å². The molecule has 1 amide bonds. The molecule has 0 radical (unpaired) electrons. The van der Waals surface area contributed by atoms with E-state index in [-0.39, 0.29) is 12.5 Å². The molecule has 1 aliphatic rings. The highest BCUT2D eigenvalue weighted by Gasteiger charge is 2.23. The molecule has 0 aliphatic carbocycles. The largest absolute Gasteiger partial charge is 0.497 e. The van der Waals surface area contributed by atoms with Gasteiger partial charge in [-0.15, -0.1) is 0 Å². The number of hydrogen-bond donors (Lipinski definition) is 0. The van der Waals surface area contributed by atoms with Gasteiger partial charge in [-0.3, -0.25) is 4.79 Å². The van der Waals surface area contributed by atoms with Crippen molar-refractivity contribution >= 4 is 11.6 Å².